The van der Waals surface area contributed by atoms with Crippen LogP contribution in [0, 0.1) is 11.3 Å². The molecule has 0 N–H and O–H groups in total. The van der Waals surface area contributed by atoms with Crippen molar-refractivity contribution in [3.63, 3.8) is 0 Å². The second kappa shape index (κ2) is 7.16. The lowest BCUT2D eigenvalue weighted by Gasteiger charge is -2.40. The summed E-state index contributed by atoms with van der Waals surface area (Å²) in [6.45, 7) is 13.0. The SMILES string of the molecule is C=C(CC1(C(=O)OCC)CCN(C(=O)OC(C)(C)C)CC1)C1CC1. The Labute approximate surface area is 145 Å². The van der Waals surface area contributed by atoms with Crippen LogP contribution in [0.5, 0.6) is 0 Å². The van der Waals surface area contributed by atoms with Crippen molar-refractivity contribution in [2.24, 2.45) is 11.3 Å². The summed E-state index contributed by atoms with van der Waals surface area (Å²) in [5, 5.41) is 0. The number of rotatable bonds is 5. The molecule has 2 rings (SSSR count). The molecule has 0 aromatic heterocycles. The van der Waals surface area contributed by atoms with Gasteiger partial charge in [-0.15, -0.1) is 0 Å². The Bertz CT molecular complexity index is 494. The highest BCUT2D eigenvalue weighted by Gasteiger charge is 2.45. The van der Waals surface area contributed by atoms with E-state index in [1.165, 1.54) is 12.8 Å². The number of carbonyl (C=O) groups is 2. The Morgan fingerprint density at radius 3 is 2.25 bits per heavy atom. The van der Waals surface area contributed by atoms with Gasteiger partial charge in [-0.3, -0.25) is 4.79 Å². The summed E-state index contributed by atoms with van der Waals surface area (Å²) in [5.74, 6) is 0.427. The molecule has 0 aromatic rings. The number of hydrogen-bond acceptors (Lipinski definition) is 4. The number of likely N-dealkylation sites (tertiary alicyclic amines) is 1. The van der Waals surface area contributed by atoms with Gasteiger partial charge in [0.15, 0.2) is 0 Å². The molecule has 2 fully saturated rings. The number of ether oxygens (including phenoxy) is 2. The van der Waals surface area contributed by atoms with Crippen LogP contribution in [-0.4, -0.2) is 42.3 Å². The molecular weight excluding hydrogens is 306 g/mol. The summed E-state index contributed by atoms with van der Waals surface area (Å²) in [7, 11) is 0. The zero-order valence-electron chi connectivity index (χ0n) is 15.5. The zero-order valence-corrected chi connectivity index (χ0v) is 15.5. The molecule has 1 saturated heterocycles. The topological polar surface area (TPSA) is 55.8 Å². The van der Waals surface area contributed by atoms with E-state index < -0.39 is 11.0 Å². The number of piperidine rings is 1. The Hall–Kier alpha value is -1.52. The van der Waals surface area contributed by atoms with Gasteiger partial charge in [0.25, 0.3) is 0 Å². The molecule has 0 atom stereocenters. The maximum Gasteiger partial charge on any atom is 0.410 e. The molecule has 1 aliphatic heterocycles. The van der Waals surface area contributed by atoms with E-state index in [-0.39, 0.29) is 12.1 Å². The van der Waals surface area contributed by atoms with Gasteiger partial charge in [0.05, 0.1) is 12.0 Å². The molecule has 5 heteroatoms. The van der Waals surface area contributed by atoms with Crippen LogP contribution in [-0.2, 0) is 14.3 Å². The minimum absolute atomic E-state index is 0.143. The molecule has 5 nitrogen and oxygen atoms in total. The molecule has 24 heavy (non-hydrogen) atoms. The lowest BCUT2D eigenvalue weighted by atomic mass is 9.73. The monoisotopic (exact) mass is 337 g/mol. The predicted octanol–water partition coefficient (Wildman–Crippen LogP) is 3.92. The first-order valence-corrected chi connectivity index (χ1v) is 9.00. The summed E-state index contributed by atoms with van der Waals surface area (Å²) in [6.07, 6.45) is 3.96. The summed E-state index contributed by atoms with van der Waals surface area (Å²) in [5.41, 5.74) is 0.120. The second-order valence-corrected chi connectivity index (χ2v) is 8.08. The molecule has 0 aromatic carbocycles. The third-order valence-electron chi connectivity index (χ3n) is 4.80. The van der Waals surface area contributed by atoms with Crippen molar-refractivity contribution in [1.82, 2.24) is 4.90 Å². The largest absolute Gasteiger partial charge is 0.466 e. The molecule has 0 unspecified atom stereocenters. The molecule has 1 heterocycles. The molecule has 1 saturated carbocycles. The fraction of sp³-hybridized carbons (Fsp3) is 0.789. The third kappa shape index (κ3) is 4.74. The van der Waals surface area contributed by atoms with Gasteiger partial charge in [0.2, 0.25) is 0 Å². The van der Waals surface area contributed by atoms with Crippen LogP contribution in [0.25, 0.3) is 0 Å². The van der Waals surface area contributed by atoms with Gasteiger partial charge in [-0.25, -0.2) is 4.79 Å². The van der Waals surface area contributed by atoms with Crippen molar-refractivity contribution in [3.05, 3.63) is 12.2 Å². The van der Waals surface area contributed by atoms with E-state index in [2.05, 4.69) is 6.58 Å². The van der Waals surface area contributed by atoms with Gasteiger partial charge < -0.3 is 14.4 Å². The number of allylic oxidation sites excluding steroid dienone is 1. The maximum atomic E-state index is 12.6. The van der Waals surface area contributed by atoms with Crippen LogP contribution >= 0.6 is 0 Å². The van der Waals surface area contributed by atoms with E-state index in [1.54, 1.807) is 4.90 Å². The third-order valence-corrected chi connectivity index (χ3v) is 4.80. The van der Waals surface area contributed by atoms with Crippen molar-refractivity contribution in [3.8, 4) is 0 Å². The van der Waals surface area contributed by atoms with Crippen molar-refractivity contribution < 1.29 is 19.1 Å². The Kier molecular flexibility index (Phi) is 5.61. The first kappa shape index (κ1) is 18.8. The summed E-state index contributed by atoms with van der Waals surface area (Å²) in [6, 6.07) is 0. The minimum Gasteiger partial charge on any atom is -0.466 e. The smallest absolute Gasteiger partial charge is 0.410 e. The van der Waals surface area contributed by atoms with E-state index in [0.29, 0.717) is 44.9 Å². The van der Waals surface area contributed by atoms with E-state index in [1.807, 2.05) is 27.7 Å². The van der Waals surface area contributed by atoms with Crippen LogP contribution in [0.1, 0.15) is 59.8 Å². The fourth-order valence-corrected chi connectivity index (χ4v) is 3.25. The second-order valence-electron chi connectivity index (χ2n) is 8.08. The lowest BCUT2D eigenvalue weighted by Crippen LogP contribution is -2.48. The molecule has 0 bridgehead atoms. The quantitative estimate of drug-likeness (QED) is 0.563. The van der Waals surface area contributed by atoms with E-state index >= 15 is 0 Å². The average Bonchev–Trinajstić information content (AvgIpc) is 3.31. The van der Waals surface area contributed by atoms with Crippen LogP contribution in [0.15, 0.2) is 12.2 Å². The van der Waals surface area contributed by atoms with E-state index in [0.717, 1.165) is 5.57 Å². The van der Waals surface area contributed by atoms with Crippen molar-refractivity contribution in [1.29, 1.82) is 0 Å². The molecule has 2 aliphatic rings. The fourth-order valence-electron chi connectivity index (χ4n) is 3.25. The Balaban J connectivity index is 2.01. The number of esters is 1. The predicted molar refractivity (Wildman–Crippen MR) is 92.6 cm³/mol. The normalized spacial score (nSPS) is 20.4. The first-order valence-electron chi connectivity index (χ1n) is 9.00. The standard InChI is InChI=1S/C19H31NO4/c1-6-23-16(21)19(13-14(2)15-7-8-15)9-11-20(12-10-19)17(22)24-18(3,4)5/h15H,2,6-13H2,1,3-5H3. The van der Waals surface area contributed by atoms with Crippen molar-refractivity contribution >= 4 is 12.1 Å². The first-order chi connectivity index (χ1) is 11.2. The average molecular weight is 337 g/mol. The molecule has 0 spiro atoms. The van der Waals surface area contributed by atoms with Gasteiger partial charge in [-0.2, -0.15) is 0 Å². The van der Waals surface area contributed by atoms with Crippen LogP contribution in [0.2, 0.25) is 0 Å². The molecule has 1 amide bonds. The Morgan fingerprint density at radius 1 is 1.21 bits per heavy atom. The van der Waals surface area contributed by atoms with Gasteiger partial charge in [-0.05, 0) is 65.7 Å². The lowest BCUT2D eigenvalue weighted by molar-refractivity contribution is -0.158. The highest BCUT2D eigenvalue weighted by molar-refractivity contribution is 5.78. The van der Waals surface area contributed by atoms with Gasteiger partial charge in [-0.1, -0.05) is 12.2 Å². The summed E-state index contributed by atoms with van der Waals surface area (Å²) >= 11 is 0. The minimum atomic E-state index is -0.534. The van der Waals surface area contributed by atoms with Gasteiger partial charge in [0.1, 0.15) is 5.60 Å². The number of hydrogen-bond donors (Lipinski definition) is 0. The molecule has 0 radical (unpaired) electrons. The highest BCUT2D eigenvalue weighted by atomic mass is 16.6. The number of nitrogens with zero attached hydrogens (tertiary/aromatic N) is 1. The van der Waals surface area contributed by atoms with Gasteiger partial charge in [0, 0.05) is 13.1 Å². The summed E-state index contributed by atoms with van der Waals surface area (Å²) < 4.78 is 10.8. The Morgan fingerprint density at radius 2 is 1.79 bits per heavy atom. The van der Waals surface area contributed by atoms with Crippen LogP contribution in [0.4, 0.5) is 4.79 Å². The van der Waals surface area contributed by atoms with Crippen LogP contribution in [0.3, 0.4) is 0 Å². The molecule has 136 valence electrons. The highest BCUT2D eigenvalue weighted by Crippen LogP contribution is 2.45. The molecular formula is C19H31NO4. The van der Waals surface area contributed by atoms with Gasteiger partial charge >= 0.3 is 12.1 Å². The summed E-state index contributed by atoms with van der Waals surface area (Å²) in [4.78, 5) is 26.5. The van der Waals surface area contributed by atoms with Crippen LogP contribution < -0.4 is 0 Å². The van der Waals surface area contributed by atoms with Crippen molar-refractivity contribution in [2.45, 2.75) is 65.4 Å². The maximum absolute atomic E-state index is 12.6. The number of amides is 1. The van der Waals surface area contributed by atoms with E-state index in [9.17, 15) is 9.59 Å². The van der Waals surface area contributed by atoms with E-state index in [4.69, 9.17) is 9.47 Å². The zero-order chi connectivity index (χ0) is 18.0. The van der Waals surface area contributed by atoms with Crippen molar-refractivity contribution in [2.75, 3.05) is 19.7 Å². The molecule has 1 aliphatic carbocycles. The number of carbonyl (C=O) groups excluding carboxylic acids is 2.